The summed E-state index contributed by atoms with van der Waals surface area (Å²) >= 11 is 0. The number of nitrogens with zero attached hydrogens (tertiary/aromatic N) is 3. The Hall–Kier alpha value is -3.72. The minimum Gasteiger partial charge on any atom is -0.383 e. The first-order valence-electron chi connectivity index (χ1n) is 7.53. The number of pyridine rings is 1. The molecule has 0 unspecified atom stereocenters. The van der Waals surface area contributed by atoms with Crippen molar-refractivity contribution in [3.05, 3.63) is 76.0 Å². The van der Waals surface area contributed by atoms with Crippen molar-refractivity contribution in [3.63, 3.8) is 0 Å². The van der Waals surface area contributed by atoms with Crippen LogP contribution in [0.1, 0.15) is 11.3 Å². The van der Waals surface area contributed by atoms with Gasteiger partial charge in [-0.25, -0.2) is 4.98 Å². The molecular weight excluding hydrogens is 316 g/mol. The van der Waals surface area contributed by atoms with Crippen molar-refractivity contribution < 1.29 is 4.92 Å². The van der Waals surface area contributed by atoms with Gasteiger partial charge in [0.2, 0.25) is 0 Å². The number of nitro groups is 1. The Balaban J connectivity index is 2.40. The summed E-state index contributed by atoms with van der Waals surface area (Å²) in [5.74, 6) is 0.112. The second-order valence-corrected chi connectivity index (χ2v) is 5.49. The quantitative estimate of drug-likeness (QED) is 0.575. The maximum Gasteiger partial charge on any atom is 0.270 e. The highest BCUT2D eigenvalue weighted by molar-refractivity contribution is 5.91. The van der Waals surface area contributed by atoms with Crippen LogP contribution in [0.25, 0.3) is 22.3 Å². The third-order valence-corrected chi connectivity index (χ3v) is 3.93. The second-order valence-electron chi connectivity index (χ2n) is 5.49. The number of anilines is 1. The van der Waals surface area contributed by atoms with Crippen LogP contribution in [-0.4, -0.2) is 9.91 Å². The Kier molecular flexibility index (Phi) is 4.14. The Bertz CT molecular complexity index is 1010. The van der Waals surface area contributed by atoms with E-state index in [1.807, 2.05) is 30.3 Å². The molecule has 0 saturated carbocycles. The molecule has 0 aliphatic heterocycles. The predicted molar refractivity (Wildman–Crippen MR) is 95.6 cm³/mol. The topological polar surface area (TPSA) is 106 Å². The molecule has 0 fully saturated rings. The third kappa shape index (κ3) is 2.91. The Morgan fingerprint density at radius 3 is 2.40 bits per heavy atom. The van der Waals surface area contributed by atoms with E-state index >= 15 is 0 Å². The zero-order valence-electron chi connectivity index (χ0n) is 13.4. The van der Waals surface area contributed by atoms with E-state index in [1.165, 1.54) is 12.1 Å². The molecule has 1 aromatic heterocycles. The highest BCUT2D eigenvalue weighted by atomic mass is 16.6. The SMILES string of the molecule is Cc1nc(N)c(C#N)c(-c2cccc([N+](=O)[O-])c2)c1-c1ccccc1. The Labute approximate surface area is 144 Å². The van der Waals surface area contributed by atoms with Crippen molar-refractivity contribution in [3.8, 4) is 28.3 Å². The van der Waals surface area contributed by atoms with Crippen molar-refractivity contribution in [2.75, 3.05) is 5.73 Å². The van der Waals surface area contributed by atoms with Crippen LogP contribution in [0, 0.1) is 28.4 Å². The molecule has 0 amide bonds. The van der Waals surface area contributed by atoms with Crippen LogP contribution in [0.3, 0.4) is 0 Å². The van der Waals surface area contributed by atoms with E-state index in [0.717, 1.165) is 11.1 Å². The number of nitro benzene ring substituents is 1. The van der Waals surface area contributed by atoms with Gasteiger partial charge in [-0.15, -0.1) is 0 Å². The molecule has 0 aliphatic rings. The van der Waals surface area contributed by atoms with Gasteiger partial charge in [-0.2, -0.15) is 5.26 Å². The van der Waals surface area contributed by atoms with Crippen LogP contribution >= 0.6 is 0 Å². The van der Waals surface area contributed by atoms with E-state index in [4.69, 9.17) is 5.73 Å². The lowest BCUT2D eigenvalue weighted by Crippen LogP contribution is -2.03. The number of nitriles is 1. The predicted octanol–water partition coefficient (Wildman–Crippen LogP) is 4.09. The fraction of sp³-hybridized carbons (Fsp3) is 0.0526. The molecule has 6 heteroatoms. The van der Waals surface area contributed by atoms with Gasteiger partial charge in [0.15, 0.2) is 0 Å². The number of hydrogen-bond donors (Lipinski definition) is 1. The van der Waals surface area contributed by atoms with Crippen LogP contribution in [0.4, 0.5) is 11.5 Å². The summed E-state index contributed by atoms with van der Waals surface area (Å²) in [6, 6.07) is 17.7. The molecule has 0 saturated heterocycles. The van der Waals surface area contributed by atoms with Crippen LogP contribution < -0.4 is 5.73 Å². The molecule has 122 valence electrons. The van der Waals surface area contributed by atoms with E-state index in [1.54, 1.807) is 19.1 Å². The molecule has 2 N–H and O–H groups in total. The second kappa shape index (κ2) is 6.42. The monoisotopic (exact) mass is 330 g/mol. The van der Waals surface area contributed by atoms with Crippen LogP contribution in [0.5, 0.6) is 0 Å². The molecule has 3 rings (SSSR count). The molecule has 0 aliphatic carbocycles. The van der Waals surface area contributed by atoms with Gasteiger partial charge in [-0.3, -0.25) is 10.1 Å². The average molecular weight is 330 g/mol. The first-order chi connectivity index (χ1) is 12.0. The molecule has 3 aromatic rings. The summed E-state index contributed by atoms with van der Waals surface area (Å²) in [7, 11) is 0. The van der Waals surface area contributed by atoms with Crippen molar-refractivity contribution in [2.24, 2.45) is 0 Å². The normalized spacial score (nSPS) is 10.2. The molecular formula is C19H14N4O2. The number of aromatic nitrogens is 1. The van der Waals surface area contributed by atoms with Gasteiger partial charge in [0.1, 0.15) is 17.5 Å². The zero-order valence-corrected chi connectivity index (χ0v) is 13.4. The molecule has 0 spiro atoms. The van der Waals surface area contributed by atoms with Gasteiger partial charge in [0.05, 0.1) is 4.92 Å². The number of rotatable bonds is 3. The minimum absolute atomic E-state index is 0.0477. The molecule has 0 radical (unpaired) electrons. The summed E-state index contributed by atoms with van der Waals surface area (Å²) < 4.78 is 0. The molecule has 1 heterocycles. The third-order valence-electron chi connectivity index (χ3n) is 3.93. The number of aryl methyl sites for hydroxylation is 1. The Morgan fingerprint density at radius 1 is 1.08 bits per heavy atom. The lowest BCUT2D eigenvalue weighted by Gasteiger charge is -2.16. The highest BCUT2D eigenvalue weighted by Gasteiger charge is 2.20. The standard InChI is InChI=1S/C19H14N4O2/c1-12-17(13-6-3-2-4-7-13)18(16(11-20)19(21)22-12)14-8-5-9-15(10-14)23(24)25/h2-10H,1H3,(H2,21,22). The maximum absolute atomic E-state index is 11.1. The Morgan fingerprint density at radius 2 is 1.76 bits per heavy atom. The molecule has 25 heavy (non-hydrogen) atoms. The fourth-order valence-corrected chi connectivity index (χ4v) is 2.86. The number of hydrogen-bond acceptors (Lipinski definition) is 5. The fourth-order valence-electron chi connectivity index (χ4n) is 2.86. The van der Waals surface area contributed by atoms with Crippen molar-refractivity contribution >= 4 is 11.5 Å². The zero-order chi connectivity index (χ0) is 18.0. The van der Waals surface area contributed by atoms with Gasteiger partial charge in [-0.05, 0) is 18.1 Å². The summed E-state index contributed by atoms with van der Waals surface area (Å²) in [5.41, 5.74) is 9.49. The van der Waals surface area contributed by atoms with E-state index < -0.39 is 4.92 Å². The van der Waals surface area contributed by atoms with Gasteiger partial charge < -0.3 is 5.73 Å². The number of nitrogen functional groups attached to an aromatic ring is 1. The molecule has 6 nitrogen and oxygen atoms in total. The van der Waals surface area contributed by atoms with E-state index in [-0.39, 0.29) is 17.1 Å². The van der Waals surface area contributed by atoms with Gasteiger partial charge in [0, 0.05) is 29.0 Å². The van der Waals surface area contributed by atoms with Crippen molar-refractivity contribution in [1.82, 2.24) is 4.98 Å². The lowest BCUT2D eigenvalue weighted by atomic mass is 9.90. The van der Waals surface area contributed by atoms with E-state index in [9.17, 15) is 15.4 Å². The minimum atomic E-state index is -0.463. The highest BCUT2D eigenvalue weighted by Crippen LogP contribution is 2.39. The largest absolute Gasteiger partial charge is 0.383 e. The molecule has 2 aromatic carbocycles. The number of benzene rings is 2. The summed E-state index contributed by atoms with van der Waals surface area (Å²) in [6.45, 7) is 1.81. The van der Waals surface area contributed by atoms with Crippen LogP contribution in [0.2, 0.25) is 0 Å². The summed E-state index contributed by atoms with van der Waals surface area (Å²) in [5, 5.41) is 20.7. The van der Waals surface area contributed by atoms with Gasteiger partial charge >= 0.3 is 0 Å². The first-order valence-corrected chi connectivity index (χ1v) is 7.53. The van der Waals surface area contributed by atoms with Gasteiger partial charge in [0.25, 0.3) is 5.69 Å². The maximum atomic E-state index is 11.1. The van der Waals surface area contributed by atoms with Crippen LogP contribution in [-0.2, 0) is 0 Å². The van der Waals surface area contributed by atoms with E-state index in [0.29, 0.717) is 16.8 Å². The van der Waals surface area contributed by atoms with Gasteiger partial charge in [-0.1, -0.05) is 42.5 Å². The lowest BCUT2D eigenvalue weighted by molar-refractivity contribution is -0.384. The van der Waals surface area contributed by atoms with E-state index in [2.05, 4.69) is 11.1 Å². The number of non-ortho nitro benzene ring substituents is 1. The summed E-state index contributed by atoms with van der Waals surface area (Å²) in [4.78, 5) is 15.0. The first kappa shape index (κ1) is 16.1. The molecule has 0 atom stereocenters. The number of nitrogens with two attached hydrogens (primary N) is 1. The van der Waals surface area contributed by atoms with Crippen molar-refractivity contribution in [1.29, 1.82) is 5.26 Å². The van der Waals surface area contributed by atoms with Crippen LogP contribution in [0.15, 0.2) is 54.6 Å². The average Bonchev–Trinajstić information content (AvgIpc) is 2.62. The molecule has 0 bridgehead atoms. The summed E-state index contributed by atoms with van der Waals surface area (Å²) in [6.07, 6.45) is 0. The smallest absolute Gasteiger partial charge is 0.270 e. The van der Waals surface area contributed by atoms with Crippen molar-refractivity contribution in [2.45, 2.75) is 6.92 Å².